The van der Waals surface area contributed by atoms with Crippen molar-refractivity contribution in [3.8, 4) is 11.5 Å². The molecule has 0 spiro atoms. The second-order valence-electron chi connectivity index (χ2n) is 9.39. The number of nitrogens with one attached hydrogen (secondary N) is 2. The first-order valence-corrected chi connectivity index (χ1v) is 13.9. The monoisotopic (exact) mass is 643 g/mol. The highest BCUT2D eigenvalue weighted by molar-refractivity contribution is 6.33. The highest BCUT2D eigenvalue weighted by Gasteiger charge is 2.20. The first-order valence-electron chi connectivity index (χ1n) is 13.2. The van der Waals surface area contributed by atoms with Crippen molar-refractivity contribution in [3.05, 3.63) is 86.9 Å². The summed E-state index contributed by atoms with van der Waals surface area (Å²) in [7, 11) is 1.38. The second kappa shape index (κ2) is 13.8. The Morgan fingerprint density at radius 3 is 2.48 bits per heavy atom. The van der Waals surface area contributed by atoms with Crippen LogP contribution in [0.4, 0.5) is 32.3 Å². The van der Waals surface area contributed by atoms with Gasteiger partial charge in [-0.2, -0.15) is 20.1 Å². The molecule has 1 aromatic heterocycles. The van der Waals surface area contributed by atoms with Crippen LogP contribution in [-0.4, -0.2) is 60.5 Å². The minimum absolute atomic E-state index is 0.0305. The SMILES string of the molecule is COc1cc(/C=N/Nc2nc(Nc3ccc(C)c(Cl)c3)nc(N3CCOCC3)n2)ccc1OC(=O)c1cc(F)c(F)cc1Cl. The summed E-state index contributed by atoms with van der Waals surface area (Å²) < 4.78 is 43.1. The van der Waals surface area contributed by atoms with Gasteiger partial charge in [-0.3, -0.25) is 0 Å². The van der Waals surface area contributed by atoms with Gasteiger partial charge in [-0.15, -0.1) is 0 Å². The van der Waals surface area contributed by atoms with E-state index in [-0.39, 0.29) is 34.0 Å². The lowest BCUT2D eigenvalue weighted by atomic mass is 10.2. The minimum atomic E-state index is -1.23. The minimum Gasteiger partial charge on any atom is -0.493 e. The van der Waals surface area contributed by atoms with Crippen LogP contribution < -0.4 is 25.1 Å². The van der Waals surface area contributed by atoms with E-state index in [0.29, 0.717) is 60.7 Å². The fourth-order valence-electron chi connectivity index (χ4n) is 4.02. The number of benzene rings is 3. The number of hydrazone groups is 1. The number of morpholine rings is 1. The van der Waals surface area contributed by atoms with Gasteiger partial charge in [0.1, 0.15) is 0 Å². The topological polar surface area (TPSA) is 123 Å². The Morgan fingerprint density at radius 2 is 1.73 bits per heavy atom. The number of halogens is 4. The van der Waals surface area contributed by atoms with Crippen molar-refractivity contribution in [2.24, 2.45) is 5.10 Å². The summed E-state index contributed by atoms with van der Waals surface area (Å²) >= 11 is 12.2. The molecule has 0 amide bonds. The molecule has 3 aromatic carbocycles. The van der Waals surface area contributed by atoms with Crippen molar-refractivity contribution in [1.29, 1.82) is 0 Å². The molecule has 44 heavy (non-hydrogen) atoms. The largest absolute Gasteiger partial charge is 0.493 e. The summed E-state index contributed by atoms with van der Waals surface area (Å²) in [4.78, 5) is 28.0. The van der Waals surface area contributed by atoms with Crippen molar-refractivity contribution in [2.75, 3.05) is 49.1 Å². The third kappa shape index (κ3) is 7.48. The predicted molar refractivity (Wildman–Crippen MR) is 163 cm³/mol. The van der Waals surface area contributed by atoms with E-state index >= 15 is 0 Å². The van der Waals surface area contributed by atoms with Crippen molar-refractivity contribution < 1.29 is 27.8 Å². The lowest BCUT2D eigenvalue weighted by molar-refractivity contribution is 0.0729. The molecule has 2 heterocycles. The number of esters is 1. The number of carbonyl (C=O) groups is 1. The average Bonchev–Trinajstić information content (AvgIpc) is 3.01. The maximum Gasteiger partial charge on any atom is 0.345 e. The number of aryl methyl sites for hydroxylation is 1. The summed E-state index contributed by atoms with van der Waals surface area (Å²) in [6.07, 6.45) is 1.48. The van der Waals surface area contributed by atoms with Crippen LogP contribution in [0, 0.1) is 18.6 Å². The maximum absolute atomic E-state index is 13.6. The third-order valence-electron chi connectivity index (χ3n) is 6.34. The van der Waals surface area contributed by atoms with Crippen LogP contribution in [0.3, 0.4) is 0 Å². The van der Waals surface area contributed by atoms with E-state index in [1.54, 1.807) is 18.2 Å². The summed E-state index contributed by atoms with van der Waals surface area (Å²) in [6.45, 7) is 4.23. The summed E-state index contributed by atoms with van der Waals surface area (Å²) in [5, 5.41) is 7.70. The van der Waals surface area contributed by atoms with Crippen LogP contribution in [0.2, 0.25) is 10.0 Å². The van der Waals surface area contributed by atoms with Crippen molar-refractivity contribution in [2.45, 2.75) is 6.92 Å². The van der Waals surface area contributed by atoms with Crippen LogP contribution >= 0.6 is 23.2 Å². The van der Waals surface area contributed by atoms with Gasteiger partial charge in [0.2, 0.25) is 17.8 Å². The molecular weight excluding hydrogens is 619 g/mol. The number of rotatable bonds is 9. The number of aromatic nitrogens is 3. The molecule has 4 aromatic rings. The molecule has 0 radical (unpaired) electrons. The van der Waals surface area contributed by atoms with Gasteiger partial charge in [-0.25, -0.2) is 19.0 Å². The number of hydrogen-bond donors (Lipinski definition) is 2. The number of nitrogens with zero attached hydrogens (tertiary/aromatic N) is 5. The van der Waals surface area contributed by atoms with Gasteiger partial charge in [-0.1, -0.05) is 29.3 Å². The normalized spacial score (nSPS) is 13.2. The third-order valence-corrected chi connectivity index (χ3v) is 7.06. The summed E-state index contributed by atoms with van der Waals surface area (Å²) in [6, 6.07) is 11.5. The van der Waals surface area contributed by atoms with E-state index in [4.69, 9.17) is 37.4 Å². The molecule has 0 saturated carbocycles. The van der Waals surface area contributed by atoms with Crippen molar-refractivity contribution >= 4 is 58.9 Å². The fraction of sp³-hybridized carbons (Fsp3) is 0.207. The molecule has 0 unspecified atom stereocenters. The molecule has 1 fully saturated rings. The predicted octanol–water partition coefficient (Wildman–Crippen LogP) is 6.02. The van der Waals surface area contributed by atoms with Gasteiger partial charge in [0, 0.05) is 23.8 Å². The Hall–Kier alpha value is -4.59. The van der Waals surface area contributed by atoms with E-state index in [1.807, 2.05) is 24.0 Å². The number of hydrogen-bond acceptors (Lipinski definition) is 11. The van der Waals surface area contributed by atoms with Gasteiger partial charge < -0.3 is 24.4 Å². The molecule has 1 aliphatic rings. The number of carbonyl (C=O) groups excluding carboxylic acids is 1. The van der Waals surface area contributed by atoms with E-state index in [0.717, 1.165) is 5.56 Å². The van der Waals surface area contributed by atoms with E-state index < -0.39 is 17.6 Å². The first-order chi connectivity index (χ1) is 21.2. The molecule has 11 nitrogen and oxygen atoms in total. The van der Waals surface area contributed by atoms with Gasteiger partial charge >= 0.3 is 5.97 Å². The van der Waals surface area contributed by atoms with Gasteiger partial charge in [0.05, 0.1) is 37.1 Å². The van der Waals surface area contributed by atoms with Crippen LogP contribution in [-0.2, 0) is 4.74 Å². The van der Waals surface area contributed by atoms with Crippen molar-refractivity contribution in [3.63, 3.8) is 0 Å². The molecule has 15 heteroatoms. The van der Waals surface area contributed by atoms with Crippen LogP contribution in [0.1, 0.15) is 21.5 Å². The smallest absolute Gasteiger partial charge is 0.345 e. The molecule has 1 saturated heterocycles. The van der Waals surface area contributed by atoms with Gasteiger partial charge in [0.25, 0.3) is 0 Å². The molecular formula is C29H25Cl2F2N7O4. The second-order valence-corrected chi connectivity index (χ2v) is 10.2. The standard InChI is InChI=1S/C29H25Cl2F2N7O4/c1-16-3-5-18(12-20(16)30)35-27-36-28(38-29(37-27)40-7-9-43-10-8-40)39-34-15-17-4-6-24(25(11-17)42-2)44-26(41)19-13-22(32)23(33)14-21(19)31/h3-6,11-15H,7-10H2,1-2H3,(H2,35,36,37,38,39)/b34-15+. The summed E-state index contributed by atoms with van der Waals surface area (Å²) in [5.74, 6) is -2.28. The van der Waals surface area contributed by atoms with Gasteiger partial charge in [0.15, 0.2) is 23.1 Å². The van der Waals surface area contributed by atoms with Crippen LogP contribution in [0.15, 0.2) is 53.6 Å². The molecule has 0 bridgehead atoms. The highest BCUT2D eigenvalue weighted by atomic mass is 35.5. The number of ether oxygens (including phenoxy) is 3. The molecule has 228 valence electrons. The molecule has 5 rings (SSSR count). The van der Waals surface area contributed by atoms with E-state index in [2.05, 4.69) is 30.8 Å². The summed E-state index contributed by atoms with van der Waals surface area (Å²) in [5.41, 5.74) is 4.69. The Labute approximate surface area is 260 Å². The molecule has 1 aliphatic heterocycles. The Bertz CT molecular complexity index is 1720. The Balaban J connectivity index is 1.33. The first kappa shape index (κ1) is 30.9. The highest BCUT2D eigenvalue weighted by Crippen LogP contribution is 2.30. The maximum atomic E-state index is 13.6. The van der Waals surface area contributed by atoms with E-state index in [9.17, 15) is 13.6 Å². The lowest BCUT2D eigenvalue weighted by Gasteiger charge is -2.27. The zero-order valence-corrected chi connectivity index (χ0v) is 24.9. The zero-order valence-electron chi connectivity index (χ0n) is 23.4. The van der Waals surface area contributed by atoms with Crippen LogP contribution in [0.25, 0.3) is 0 Å². The van der Waals surface area contributed by atoms with Crippen molar-refractivity contribution in [1.82, 2.24) is 15.0 Å². The van der Waals surface area contributed by atoms with Gasteiger partial charge in [-0.05, 0) is 60.5 Å². The lowest BCUT2D eigenvalue weighted by Crippen LogP contribution is -2.37. The van der Waals surface area contributed by atoms with E-state index in [1.165, 1.54) is 19.4 Å². The molecule has 0 aliphatic carbocycles. The zero-order chi connectivity index (χ0) is 31.2. The number of anilines is 4. The Kier molecular flexibility index (Phi) is 9.68. The quantitative estimate of drug-likeness (QED) is 0.0736. The molecule has 0 atom stereocenters. The Morgan fingerprint density at radius 1 is 0.977 bits per heavy atom. The fourth-order valence-corrected chi connectivity index (χ4v) is 4.43. The average molecular weight is 644 g/mol. The molecule has 2 N–H and O–H groups in total. The van der Waals surface area contributed by atoms with Crippen LogP contribution in [0.5, 0.6) is 11.5 Å². The number of methoxy groups -OCH3 is 1.